The molecule has 0 atom stereocenters. The van der Waals surface area contributed by atoms with E-state index in [1.807, 2.05) is 65.6 Å². The van der Waals surface area contributed by atoms with Crippen LogP contribution in [0.1, 0.15) is 15.9 Å². The Kier molecular flexibility index (Phi) is 5.14. The number of anilines is 1. The normalized spacial score (nSPS) is 13.9. The van der Waals surface area contributed by atoms with Crippen molar-refractivity contribution in [2.75, 3.05) is 4.90 Å². The van der Waals surface area contributed by atoms with Crippen molar-refractivity contribution in [1.29, 1.82) is 0 Å². The molecule has 15 aromatic rings. The number of hydrogen-bond acceptors (Lipinski definition) is 3. The molecule has 0 bridgehead atoms. The minimum Gasteiger partial charge on any atom is -0.304 e. The fraction of sp³-hybridized carbons (Fsp3) is 0.0179. The first-order valence-electron chi connectivity index (χ1n) is 20.9. The van der Waals surface area contributed by atoms with Gasteiger partial charge in [0.15, 0.2) is 0 Å². The number of amides is 1. The minimum absolute atomic E-state index is 0.0290. The SMILES string of the molecule is O=C1c2ccc3c4ccc5c6ccc7c8ccc9c%10c(ccc(c%11ccc(c%12ccc(c%13ccc(c2c%133)CN1c1ccccc1)c4c%125)c6c%117)c8%10)c(=O)n1c2ccccc2nc91. The first-order chi connectivity index (χ1) is 30.1. The molecular weight excluding hydrogens is 747 g/mol. The van der Waals surface area contributed by atoms with Gasteiger partial charge in [0, 0.05) is 32.8 Å². The van der Waals surface area contributed by atoms with Crippen LogP contribution in [0.5, 0.6) is 0 Å². The van der Waals surface area contributed by atoms with Gasteiger partial charge in [0.2, 0.25) is 0 Å². The highest BCUT2D eigenvalue weighted by Crippen LogP contribution is 2.52. The van der Waals surface area contributed by atoms with E-state index < -0.39 is 0 Å². The molecule has 61 heavy (non-hydrogen) atoms. The summed E-state index contributed by atoms with van der Waals surface area (Å²) < 4.78 is 1.79. The van der Waals surface area contributed by atoms with Crippen molar-refractivity contribution in [2.24, 2.45) is 0 Å². The number of pyridine rings is 1. The largest absolute Gasteiger partial charge is 0.304 e. The maximum atomic E-state index is 14.3. The Morgan fingerprint density at radius 1 is 0.377 bits per heavy atom. The standard InChI is InChI=1S/C56H27N3O2/c60-55-42-24-21-30-32-13-15-34-35-16-18-37-39-20-23-41-53-43(56(61)59-45-9-5-4-8-44(45)57-54(41)59)25-22-40(52(39)53)38-19-17-36(50(35)51(37)38)33-14-12-31(48(32)49(33)34)29-11-10-27(46(42)47(29)30)26-58(55)28-6-2-1-3-7-28/h1-25H,26H2. The van der Waals surface area contributed by atoms with Crippen LogP contribution in [-0.4, -0.2) is 15.3 Å². The number of benzene rings is 13. The molecule has 278 valence electrons. The Hall–Kier alpha value is -8.15. The molecule has 1 aliphatic heterocycles. The minimum atomic E-state index is -0.0290. The van der Waals surface area contributed by atoms with Gasteiger partial charge < -0.3 is 4.90 Å². The van der Waals surface area contributed by atoms with Crippen molar-refractivity contribution >= 4 is 147 Å². The second-order valence-corrected chi connectivity index (χ2v) is 17.2. The van der Waals surface area contributed by atoms with Crippen molar-refractivity contribution in [1.82, 2.24) is 9.38 Å². The van der Waals surface area contributed by atoms with Gasteiger partial charge in [-0.05, 0) is 145 Å². The topological polar surface area (TPSA) is 54.7 Å². The predicted octanol–water partition coefficient (Wildman–Crippen LogP) is 13.4. The molecule has 0 N–H and O–H groups in total. The van der Waals surface area contributed by atoms with Crippen LogP contribution in [0.25, 0.3) is 135 Å². The maximum Gasteiger partial charge on any atom is 0.264 e. The van der Waals surface area contributed by atoms with Crippen LogP contribution < -0.4 is 10.5 Å². The summed E-state index contributed by atoms with van der Waals surface area (Å²) in [7, 11) is 0. The fourth-order valence-corrected chi connectivity index (χ4v) is 12.2. The van der Waals surface area contributed by atoms with E-state index in [1.165, 1.54) is 86.4 Å². The Bertz CT molecular complexity index is 4470. The summed E-state index contributed by atoms with van der Waals surface area (Å²) >= 11 is 0. The Labute approximate surface area is 344 Å². The van der Waals surface area contributed by atoms with E-state index in [2.05, 4.69) is 91.0 Å². The van der Waals surface area contributed by atoms with E-state index in [4.69, 9.17) is 4.98 Å². The number of imidazole rings is 1. The van der Waals surface area contributed by atoms with Crippen molar-refractivity contribution in [2.45, 2.75) is 6.54 Å². The smallest absolute Gasteiger partial charge is 0.264 e. The summed E-state index contributed by atoms with van der Waals surface area (Å²) in [5, 5.41) is 25.7. The Balaban J connectivity index is 0.998. The van der Waals surface area contributed by atoms with Crippen molar-refractivity contribution < 1.29 is 4.79 Å². The quantitative estimate of drug-likeness (QED) is 0.123. The first-order valence-corrected chi connectivity index (χ1v) is 20.9. The van der Waals surface area contributed by atoms with Gasteiger partial charge in [-0.1, -0.05) is 109 Å². The molecule has 5 heteroatoms. The monoisotopic (exact) mass is 773 g/mol. The van der Waals surface area contributed by atoms with Gasteiger partial charge in [0.25, 0.3) is 11.5 Å². The number of aromatic nitrogens is 2. The summed E-state index contributed by atoms with van der Waals surface area (Å²) in [6.07, 6.45) is 0. The molecule has 2 aromatic heterocycles. The Morgan fingerprint density at radius 2 is 0.787 bits per heavy atom. The van der Waals surface area contributed by atoms with Crippen molar-refractivity contribution in [3.8, 4) is 0 Å². The molecule has 0 unspecified atom stereocenters. The zero-order chi connectivity index (χ0) is 39.6. The van der Waals surface area contributed by atoms with Gasteiger partial charge in [-0.2, -0.15) is 0 Å². The third-order valence-corrected chi connectivity index (χ3v) is 14.6. The molecule has 0 saturated heterocycles. The molecular formula is C56H27N3O2. The van der Waals surface area contributed by atoms with Gasteiger partial charge in [-0.25, -0.2) is 4.98 Å². The summed E-state index contributed by atoms with van der Waals surface area (Å²) in [5.74, 6) is 0.0485. The van der Waals surface area contributed by atoms with Crippen molar-refractivity contribution in [3.05, 3.63) is 173 Å². The highest BCUT2D eigenvalue weighted by molar-refractivity contribution is 6.47. The van der Waals surface area contributed by atoms with E-state index in [0.717, 1.165) is 60.0 Å². The number of rotatable bonds is 1. The van der Waals surface area contributed by atoms with E-state index in [9.17, 15) is 9.59 Å². The predicted molar refractivity (Wildman–Crippen MR) is 253 cm³/mol. The fourth-order valence-electron chi connectivity index (χ4n) is 12.2. The number of fused-ring (bicyclic) bond motifs is 10. The van der Waals surface area contributed by atoms with Crippen LogP contribution in [0.15, 0.2) is 156 Å². The van der Waals surface area contributed by atoms with Gasteiger partial charge in [-0.3, -0.25) is 14.0 Å². The zero-order valence-corrected chi connectivity index (χ0v) is 32.3. The lowest BCUT2D eigenvalue weighted by molar-refractivity contribution is 0.0984. The molecule has 16 rings (SSSR count). The molecule has 5 nitrogen and oxygen atoms in total. The average molecular weight is 774 g/mol. The highest BCUT2D eigenvalue weighted by atomic mass is 16.2. The van der Waals surface area contributed by atoms with Crippen LogP contribution in [0.2, 0.25) is 0 Å². The maximum absolute atomic E-state index is 14.3. The van der Waals surface area contributed by atoms with E-state index >= 15 is 0 Å². The second-order valence-electron chi connectivity index (χ2n) is 17.2. The highest BCUT2D eigenvalue weighted by Gasteiger charge is 2.30. The van der Waals surface area contributed by atoms with Crippen LogP contribution in [0.3, 0.4) is 0 Å². The summed E-state index contributed by atoms with van der Waals surface area (Å²) in [4.78, 5) is 35.4. The van der Waals surface area contributed by atoms with Crippen LogP contribution in [0, 0.1) is 0 Å². The third-order valence-electron chi connectivity index (χ3n) is 14.6. The van der Waals surface area contributed by atoms with Crippen LogP contribution in [0.4, 0.5) is 5.69 Å². The summed E-state index contributed by atoms with van der Waals surface area (Å²) in [5.41, 5.74) is 5.20. The molecule has 0 radical (unpaired) electrons. The third kappa shape index (κ3) is 3.39. The van der Waals surface area contributed by atoms with Gasteiger partial charge in [-0.15, -0.1) is 0 Å². The molecule has 3 heterocycles. The number of carbonyl (C=O) groups is 1. The average Bonchev–Trinajstić information content (AvgIpc) is 3.71. The molecule has 0 fully saturated rings. The lowest BCUT2D eigenvalue weighted by Gasteiger charge is -2.30. The summed E-state index contributed by atoms with van der Waals surface area (Å²) in [6, 6.07) is 53.9. The number of hydrogen-bond donors (Lipinski definition) is 0. The Morgan fingerprint density at radius 3 is 1.33 bits per heavy atom. The first kappa shape index (κ1) is 30.9. The molecule has 13 aromatic carbocycles. The van der Waals surface area contributed by atoms with Gasteiger partial charge in [0.05, 0.1) is 17.6 Å². The lowest BCUT2D eigenvalue weighted by atomic mass is 9.80. The van der Waals surface area contributed by atoms with Gasteiger partial charge in [0.1, 0.15) is 5.65 Å². The number of para-hydroxylation sites is 3. The second kappa shape index (κ2) is 10.2. The zero-order valence-electron chi connectivity index (χ0n) is 32.3. The number of carbonyl (C=O) groups excluding carboxylic acids is 1. The molecule has 1 aliphatic rings. The van der Waals surface area contributed by atoms with E-state index in [-0.39, 0.29) is 11.5 Å². The van der Waals surface area contributed by atoms with Crippen LogP contribution in [-0.2, 0) is 6.54 Å². The lowest BCUT2D eigenvalue weighted by Crippen LogP contribution is -2.33. The van der Waals surface area contributed by atoms with Crippen molar-refractivity contribution in [3.63, 3.8) is 0 Å². The molecule has 0 saturated carbocycles. The number of nitrogens with zero attached hydrogens (tertiary/aromatic N) is 3. The van der Waals surface area contributed by atoms with E-state index in [1.54, 1.807) is 4.40 Å². The van der Waals surface area contributed by atoms with Crippen LogP contribution >= 0.6 is 0 Å². The van der Waals surface area contributed by atoms with E-state index in [0.29, 0.717) is 12.2 Å². The molecule has 1 amide bonds. The molecule has 0 spiro atoms. The summed E-state index contributed by atoms with van der Waals surface area (Å²) in [6.45, 7) is 0.545. The molecule has 0 aliphatic carbocycles. The van der Waals surface area contributed by atoms with Gasteiger partial charge >= 0.3 is 0 Å².